The van der Waals surface area contributed by atoms with E-state index in [4.69, 9.17) is 0 Å². The first kappa shape index (κ1) is 11.0. The van der Waals surface area contributed by atoms with E-state index in [2.05, 4.69) is 34.7 Å². The van der Waals surface area contributed by atoms with Gasteiger partial charge in [0.15, 0.2) is 0 Å². The van der Waals surface area contributed by atoms with Crippen molar-refractivity contribution in [2.45, 2.75) is 40.5 Å². The molecule has 13 heavy (non-hydrogen) atoms. The summed E-state index contributed by atoms with van der Waals surface area (Å²) < 4.78 is 1.28. The lowest BCUT2D eigenvalue weighted by Gasteiger charge is -2.37. The quantitative estimate of drug-likeness (QED) is 0.550. The molecule has 0 saturated carbocycles. The molecule has 1 saturated heterocycles. The molecule has 0 aliphatic carbocycles. The van der Waals surface area contributed by atoms with Gasteiger partial charge in [-0.2, -0.15) is 0 Å². The van der Waals surface area contributed by atoms with E-state index in [-0.39, 0.29) is 0 Å². The second-order valence-corrected chi connectivity index (χ2v) is 6.08. The minimum atomic E-state index is 0.542. The molecule has 0 bridgehead atoms. The third kappa shape index (κ3) is 2.98. The fourth-order valence-corrected chi connectivity index (χ4v) is 3.02. The maximum absolute atomic E-state index is 2.43. The molecule has 1 aliphatic rings. The van der Waals surface area contributed by atoms with Crippen molar-refractivity contribution in [2.24, 2.45) is 11.3 Å². The summed E-state index contributed by atoms with van der Waals surface area (Å²) in [6, 6.07) is 0. The van der Waals surface area contributed by atoms with Gasteiger partial charge in [-0.1, -0.05) is 20.8 Å². The Hall–Kier alpha value is -0.0400. The molecule has 1 heteroatoms. The standard InChI is InChI=1S/C12H26N/c1-6-13(5)8-7-11(2)9-12(3,4)10-13/h11H,6-10H2,1-5H3/q+1. The number of nitrogens with zero attached hydrogens (tertiary/aromatic N) is 1. The van der Waals surface area contributed by atoms with Crippen molar-refractivity contribution >= 4 is 0 Å². The van der Waals surface area contributed by atoms with Crippen LogP contribution in [0.4, 0.5) is 0 Å². The van der Waals surface area contributed by atoms with Crippen molar-refractivity contribution in [3.63, 3.8) is 0 Å². The van der Waals surface area contributed by atoms with Crippen LogP contribution in [0.3, 0.4) is 0 Å². The van der Waals surface area contributed by atoms with Gasteiger partial charge in [-0.15, -0.1) is 0 Å². The van der Waals surface area contributed by atoms with Crippen LogP contribution in [-0.4, -0.2) is 31.2 Å². The normalized spacial score (nSPS) is 39.9. The zero-order chi connectivity index (χ0) is 10.1. The topological polar surface area (TPSA) is 0 Å². The highest BCUT2D eigenvalue weighted by atomic mass is 15.3. The number of rotatable bonds is 1. The molecule has 0 N–H and O–H groups in total. The molecule has 0 aromatic rings. The van der Waals surface area contributed by atoms with Crippen LogP contribution >= 0.6 is 0 Å². The first-order valence-corrected chi connectivity index (χ1v) is 5.70. The Labute approximate surface area is 83.7 Å². The maximum Gasteiger partial charge on any atom is 0.0836 e. The summed E-state index contributed by atoms with van der Waals surface area (Å²) in [5, 5.41) is 0. The summed E-state index contributed by atoms with van der Waals surface area (Å²) in [7, 11) is 2.42. The van der Waals surface area contributed by atoms with Gasteiger partial charge in [0.2, 0.25) is 0 Å². The van der Waals surface area contributed by atoms with Crippen molar-refractivity contribution in [3.8, 4) is 0 Å². The molecule has 1 nitrogen and oxygen atoms in total. The van der Waals surface area contributed by atoms with Crippen molar-refractivity contribution in [3.05, 3.63) is 0 Å². The maximum atomic E-state index is 2.43. The predicted octanol–water partition coefficient (Wildman–Crippen LogP) is 2.91. The number of likely N-dealkylation sites (tertiary alicyclic amines) is 1. The van der Waals surface area contributed by atoms with Gasteiger partial charge in [-0.25, -0.2) is 0 Å². The first-order valence-electron chi connectivity index (χ1n) is 5.70. The van der Waals surface area contributed by atoms with Crippen LogP contribution in [0, 0.1) is 11.3 Å². The average molecular weight is 184 g/mol. The summed E-state index contributed by atoms with van der Waals surface area (Å²) in [5.74, 6) is 0.918. The first-order chi connectivity index (χ1) is 5.87. The number of quaternary nitrogens is 1. The van der Waals surface area contributed by atoms with Gasteiger partial charge in [0.05, 0.1) is 26.7 Å². The van der Waals surface area contributed by atoms with Crippen LogP contribution in [0.2, 0.25) is 0 Å². The van der Waals surface area contributed by atoms with Gasteiger partial charge in [0.25, 0.3) is 0 Å². The van der Waals surface area contributed by atoms with Crippen LogP contribution in [0.1, 0.15) is 40.5 Å². The van der Waals surface area contributed by atoms with Crippen LogP contribution < -0.4 is 0 Å². The zero-order valence-electron chi connectivity index (χ0n) is 10.1. The Morgan fingerprint density at radius 1 is 1.38 bits per heavy atom. The third-order valence-electron chi connectivity index (χ3n) is 3.64. The SMILES string of the molecule is CC[N+]1(C)CCC(C)CC(C)(C)C1. The third-order valence-corrected chi connectivity index (χ3v) is 3.64. The number of hydrogen-bond donors (Lipinski definition) is 0. The molecule has 0 spiro atoms. The van der Waals surface area contributed by atoms with E-state index in [1.807, 2.05) is 0 Å². The van der Waals surface area contributed by atoms with Gasteiger partial charge in [0, 0.05) is 5.41 Å². The summed E-state index contributed by atoms with van der Waals surface area (Å²) in [4.78, 5) is 0. The lowest BCUT2D eigenvalue weighted by Crippen LogP contribution is -2.48. The van der Waals surface area contributed by atoms with Crippen LogP contribution in [-0.2, 0) is 0 Å². The monoisotopic (exact) mass is 184 g/mol. The molecule has 1 rings (SSSR count). The molecule has 1 heterocycles. The summed E-state index contributed by atoms with van der Waals surface area (Å²) >= 11 is 0. The predicted molar refractivity (Wildman–Crippen MR) is 58.6 cm³/mol. The van der Waals surface area contributed by atoms with E-state index in [0.29, 0.717) is 5.41 Å². The minimum absolute atomic E-state index is 0.542. The van der Waals surface area contributed by atoms with Crippen molar-refractivity contribution < 1.29 is 4.48 Å². The molecule has 0 aromatic carbocycles. The van der Waals surface area contributed by atoms with Crippen LogP contribution in [0.15, 0.2) is 0 Å². The van der Waals surface area contributed by atoms with E-state index in [9.17, 15) is 0 Å². The average Bonchev–Trinajstić information content (AvgIpc) is 2.08. The molecule has 1 fully saturated rings. The Balaban J connectivity index is 2.73. The van der Waals surface area contributed by atoms with E-state index in [1.165, 1.54) is 37.0 Å². The molecule has 1 aliphatic heterocycles. The molecular formula is C12H26N+. The lowest BCUT2D eigenvalue weighted by molar-refractivity contribution is -0.912. The molecule has 2 atom stereocenters. The molecule has 78 valence electrons. The molecule has 0 aromatic heterocycles. The Morgan fingerprint density at radius 3 is 2.54 bits per heavy atom. The Bertz CT molecular complexity index is 174. The fraction of sp³-hybridized carbons (Fsp3) is 1.00. The highest BCUT2D eigenvalue weighted by molar-refractivity contribution is 4.74. The van der Waals surface area contributed by atoms with Gasteiger partial charge >= 0.3 is 0 Å². The van der Waals surface area contributed by atoms with Crippen LogP contribution in [0.25, 0.3) is 0 Å². The fourth-order valence-electron chi connectivity index (χ4n) is 3.02. The van der Waals surface area contributed by atoms with E-state index in [1.54, 1.807) is 0 Å². The van der Waals surface area contributed by atoms with Gasteiger partial charge < -0.3 is 4.48 Å². The van der Waals surface area contributed by atoms with Crippen molar-refractivity contribution in [2.75, 3.05) is 26.7 Å². The molecule has 2 unspecified atom stereocenters. The minimum Gasteiger partial charge on any atom is -0.326 e. The summed E-state index contributed by atoms with van der Waals surface area (Å²) in [6.07, 6.45) is 2.81. The molecule has 0 amide bonds. The molecule has 0 radical (unpaired) electrons. The second kappa shape index (κ2) is 3.61. The smallest absolute Gasteiger partial charge is 0.0836 e. The van der Waals surface area contributed by atoms with E-state index >= 15 is 0 Å². The summed E-state index contributed by atoms with van der Waals surface area (Å²) in [6.45, 7) is 13.6. The molecular weight excluding hydrogens is 158 g/mol. The van der Waals surface area contributed by atoms with Gasteiger partial charge in [-0.3, -0.25) is 0 Å². The number of hydrogen-bond acceptors (Lipinski definition) is 0. The van der Waals surface area contributed by atoms with Crippen molar-refractivity contribution in [1.29, 1.82) is 0 Å². The van der Waals surface area contributed by atoms with Gasteiger partial charge in [-0.05, 0) is 25.7 Å². The van der Waals surface area contributed by atoms with Crippen molar-refractivity contribution in [1.82, 2.24) is 0 Å². The van der Waals surface area contributed by atoms with Gasteiger partial charge in [0.1, 0.15) is 0 Å². The zero-order valence-corrected chi connectivity index (χ0v) is 10.1. The Kier molecular flexibility index (Phi) is 3.06. The highest BCUT2D eigenvalue weighted by Gasteiger charge is 2.35. The van der Waals surface area contributed by atoms with E-state index in [0.717, 1.165) is 5.92 Å². The highest BCUT2D eigenvalue weighted by Crippen LogP contribution is 2.33. The second-order valence-electron chi connectivity index (χ2n) is 6.08. The lowest BCUT2D eigenvalue weighted by atomic mass is 9.83. The Morgan fingerprint density at radius 2 is 2.00 bits per heavy atom. The van der Waals surface area contributed by atoms with Crippen LogP contribution in [0.5, 0.6) is 0 Å². The summed E-state index contributed by atoms with van der Waals surface area (Å²) in [5.41, 5.74) is 0.542. The largest absolute Gasteiger partial charge is 0.326 e. The van der Waals surface area contributed by atoms with E-state index < -0.39 is 0 Å².